The molecule has 2 aliphatic heterocycles. The zero-order chi connectivity index (χ0) is 45.8. The second-order valence-electron chi connectivity index (χ2n) is 18.9. The van der Waals surface area contributed by atoms with E-state index in [1.165, 1.54) is 26.5 Å². The highest BCUT2D eigenvalue weighted by atomic mass is 16.7. The van der Waals surface area contributed by atoms with E-state index in [1.807, 2.05) is 38.1 Å². The maximum absolute atomic E-state index is 14.5. The van der Waals surface area contributed by atoms with Gasteiger partial charge in [0.2, 0.25) is 0 Å². The number of aliphatic hydroxyl groups excluding tert-OH is 1. The first-order valence-electron chi connectivity index (χ1n) is 21.5. The number of methoxy groups -OCH3 is 1. The van der Waals surface area contributed by atoms with Crippen LogP contribution in [0, 0.1) is 23.7 Å². The summed E-state index contributed by atoms with van der Waals surface area (Å²) >= 11 is 0. The average Bonchev–Trinajstić information content (AvgIpc) is 3.68. The van der Waals surface area contributed by atoms with E-state index in [9.17, 15) is 29.4 Å². The molecule has 0 aliphatic carbocycles. The minimum Gasteiger partial charge on any atom is -0.459 e. The number of ether oxygens (including phenoxy) is 5. The van der Waals surface area contributed by atoms with Crippen LogP contribution in [-0.2, 0) is 50.0 Å². The second kappa shape index (κ2) is 20.1. The van der Waals surface area contributed by atoms with E-state index in [2.05, 4.69) is 48.5 Å². The van der Waals surface area contributed by atoms with Crippen molar-refractivity contribution >= 4 is 23.6 Å². The van der Waals surface area contributed by atoms with Gasteiger partial charge >= 0.3 is 12.1 Å². The van der Waals surface area contributed by atoms with E-state index in [4.69, 9.17) is 23.7 Å². The third-order valence-electron chi connectivity index (χ3n) is 12.7. The molecule has 4 rings (SSSR count). The van der Waals surface area contributed by atoms with E-state index >= 15 is 0 Å². The van der Waals surface area contributed by atoms with Crippen molar-refractivity contribution in [3.8, 4) is 11.3 Å². The Kier molecular flexibility index (Phi) is 16.5. The molecule has 1 amide bonds. The number of alkyl carbamates (subject to hydrolysis) is 1. The van der Waals surface area contributed by atoms with Crippen molar-refractivity contribution < 1.29 is 53.1 Å². The van der Waals surface area contributed by atoms with Crippen molar-refractivity contribution in [1.82, 2.24) is 25.2 Å². The number of nitrogens with one attached hydrogen (secondary N) is 1. The van der Waals surface area contributed by atoms with Crippen molar-refractivity contribution in [2.24, 2.45) is 23.7 Å². The number of carbonyl (C=O) groups excluding carboxylic acids is 4. The molecule has 342 valence electrons. The molecule has 0 spiro atoms. The van der Waals surface area contributed by atoms with Crippen LogP contribution in [0.1, 0.15) is 101 Å². The Balaban J connectivity index is 1.59. The van der Waals surface area contributed by atoms with Gasteiger partial charge in [0, 0.05) is 37.1 Å². The van der Waals surface area contributed by atoms with Crippen LogP contribution in [0.3, 0.4) is 0 Å². The number of likely N-dealkylation sites (N-methyl/N-ethyl adjacent to an activating group) is 1. The number of ketones is 2. The van der Waals surface area contributed by atoms with E-state index in [-0.39, 0.29) is 49.3 Å². The first kappa shape index (κ1) is 49.9. The van der Waals surface area contributed by atoms with Gasteiger partial charge in [-0.2, -0.15) is 0 Å². The molecule has 3 N–H and O–H groups in total. The smallest absolute Gasteiger partial charge is 0.407 e. The first-order chi connectivity index (χ1) is 28.4. The normalized spacial score (nSPS) is 34.8. The lowest BCUT2D eigenvalue weighted by Gasteiger charge is -2.47. The van der Waals surface area contributed by atoms with Gasteiger partial charge in [-0.1, -0.05) is 77.9 Å². The standard InChI is InChI=1S/C45H71N5O11/c1-15-34-45(11,56)39(61-42(55)46-20-21-50-24-32(47-48-50)30-16-18-31(19-17-30)43(7,8)9)27(4)35(51)25(2)23-44(10,57-14)38(28(5)36(52)29(6)40(54)59-34)60-41-37(53)33(49(12)13)22-26(3)58-41/h16-19,24-29,33-34,37-39,41,53,56H,15,20-23H2,1-14H3,(H,46,55)/t25-,26+,27+,28+,29-,33-,34-,37+,38-,39-,41-,44-,45-/m1/s1. The molecule has 0 radical (unpaired) electrons. The second-order valence-corrected chi connectivity index (χ2v) is 18.9. The molecule has 16 heteroatoms. The Morgan fingerprint density at radius 1 is 1.02 bits per heavy atom. The van der Waals surface area contributed by atoms with Gasteiger partial charge in [0.15, 0.2) is 12.1 Å². The quantitative estimate of drug-likeness (QED) is 0.219. The van der Waals surface area contributed by atoms with Crippen LogP contribution in [0.5, 0.6) is 0 Å². The molecule has 1 aromatic heterocycles. The van der Waals surface area contributed by atoms with Gasteiger partial charge in [-0.05, 0) is 72.0 Å². The van der Waals surface area contributed by atoms with Gasteiger partial charge in [-0.15, -0.1) is 5.10 Å². The number of aliphatic hydroxyl groups is 2. The van der Waals surface area contributed by atoms with E-state index < -0.39 is 83.4 Å². The van der Waals surface area contributed by atoms with E-state index in [0.717, 1.165) is 5.56 Å². The molecule has 2 aromatic rings. The van der Waals surface area contributed by atoms with Crippen LogP contribution in [0.15, 0.2) is 30.5 Å². The number of Topliss-reactive ketones (excluding diaryl/α,β-unsaturated/α-hetero) is 2. The fourth-order valence-corrected chi connectivity index (χ4v) is 8.75. The molecule has 3 heterocycles. The lowest BCUT2D eigenvalue weighted by Crippen LogP contribution is -2.60. The van der Waals surface area contributed by atoms with E-state index in [0.29, 0.717) is 12.1 Å². The molecule has 2 fully saturated rings. The fraction of sp³-hybridized carbons (Fsp3) is 0.733. The number of aromatic nitrogens is 3. The van der Waals surface area contributed by atoms with Gasteiger partial charge in [0.05, 0.1) is 36.5 Å². The van der Waals surface area contributed by atoms with Crippen molar-refractivity contribution in [1.29, 1.82) is 0 Å². The third kappa shape index (κ3) is 11.6. The molecule has 1 aromatic carbocycles. The van der Waals surface area contributed by atoms with Crippen LogP contribution >= 0.6 is 0 Å². The summed E-state index contributed by atoms with van der Waals surface area (Å²) in [4.78, 5) is 57.9. The third-order valence-corrected chi connectivity index (χ3v) is 12.7. The monoisotopic (exact) mass is 858 g/mol. The predicted octanol–water partition coefficient (Wildman–Crippen LogP) is 4.71. The number of amides is 1. The molecule has 2 saturated heterocycles. The molecule has 2 aliphatic rings. The summed E-state index contributed by atoms with van der Waals surface area (Å²) in [6.45, 7) is 19.6. The molecular weight excluding hydrogens is 787 g/mol. The summed E-state index contributed by atoms with van der Waals surface area (Å²) in [5, 5.41) is 34.8. The summed E-state index contributed by atoms with van der Waals surface area (Å²) in [5.41, 5.74) is -0.667. The summed E-state index contributed by atoms with van der Waals surface area (Å²) in [5.74, 6) is -6.07. The van der Waals surface area contributed by atoms with Crippen molar-refractivity contribution in [3.63, 3.8) is 0 Å². The zero-order valence-electron chi connectivity index (χ0n) is 38.6. The Morgan fingerprint density at radius 2 is 1.64 bits per heavy atom. The molecule has 16 nitrogen and oxygen atoms in total. The zero-order valence-corrected chi connectivity index (χ0v) is 38.6. The summed E-state index contributed by atoms with van der Waals surface area (Å²) in [7, 11) is 5.14. The Hall–Kier alpha value is -3.80. The lowest BCUT2D eigenvalue weighted by atomic mass is 9.74. The van der Waals surface area contributed by atoms with Crippen LogP contribution < -0.4 is 5.32 Å². The molecule has 13 atom stereocenters. The largest absolute Gasteiger partial charge is 0.459 e. The summed E-state index contributed by atoms with van der Waals surface area (Å²) < 4.78 is 32.1. The number of nitrogens with zero attached hydrogens (tertiary/aromatic N) is 4. The van der Waals surface area contributed by atoms with Gasteiger partial charge in [-0.3, -0.25) is 19.1 Å². The highest BCUT2D eigenvalue weighted by Gasteiger charge is 2.53. The van der Waals surface area contributed by atoms with Crippen LogP contribution in [-0.4, -0.2) is 136 Å². The summed E-state index contributed by atoms with van der Waals surface area (Å²) in [6.07, 6.45) is -4.96. The lowest BCUT2D eigenvalue weighted by molar-refractivity contribution is -0.295. The number of rotatable bonds is 10. The van der Waals surface area contributed by atoms with E-state index in [1.54, 1.807) is 45.5 Å². The maximum atomic E-state index is 14.5. The molecule has 0 saturated carbocycles. The molecule has 61 heavy (non-hydrogen) atoms. The van der Waals surface area contributed by atoms with Crippen molar-refractivity contribution in [2.45, 2.75) is 161 Å². The number of carbonyl (C=O) groups is 4. The highest BCUT2D eigenvalue weighted by Crippen LogP contribution is 2.39. The number of cyclic esters (lactones) is 1. The number of hydrogen-bond donors (Lipinski definition) is 3. The minimum atomic E-state index is -2.08. The van der Waals surface area contributed by atoms with Crippen molar-refractivity contribution in [3.05, 3.63) is 36.0 Å². The Labute approximate surface area is 361 Å². The Bertz CT molecular complexity index is 1810. The molecule has 0 bridgehead atoms. The van der Waals surface area contributed by atoms with Crippen LogP contribution in [0.4, 0.5) is 4.79 Å². The Morgan fingerprint density at radius 3 is 2.21 bits per heavy atom. The topological polar surface area (TPSA) is 201 Å². The fourth-order valence-electron chi connectivity index (χ4n) is 8.75. The van der Waals surface area contributed by atoms with Crippen molar-refractivity contribution in [2.75, 3.05) is 27.7 Å². The predicted molar refractivity (Wildman–Crippen MR) is 227 cm³/mol. The van der Waals surface area contributed by atoms with Gasteiger partial charge in [0.25, 0.3) is 0 Å². The van der Waals surface area contributed by atoms with Crippen LogP contribution in [0.2, 0.25) is 0 Å². The molecular formula is C45H71N5O11. The number of benzene rings is 1. The average molecular weight is 858 g/mol. The van der Waals surface area contributed by atoms with Gasteiger partial charge in [0.1, 0.15) is 41.3 Å². The van der Waals surface area contributed by atoms with Gasteiger partial charge < -0.3 is 44.1 Å². The van der Waals surface area contributed by atoms with Crippen LogP contribution in [0.25, 0.3) is 11.3 Å². The summed E-state index contributed by atoms with van der Waals surface area (Å²) in [6, 6.07) is 7.79. The number of esters is 1. The van der Waals surface area contributed by atoms with Gasteiger partial charge in [-0.25, -0.2) is 4.79 Å². The first-order valence-corrected chi connectivity index (χ1v) is 21.5. The molecule has 0 unspecified atom stereocenters. The highest BCUT2D eigenvalue weighted by molar-refractivity contribution is 6.00. The SMILES string of the molecule is CC[C@H]1OC(=O)[C@H](C)C(=O)[C@H](C)[C@@H](O[C@H]2O[C@@H](C)C[C@@H](N(C)C)[C@@H]2O)[C@](C)(OC)C[C@@H](C)C(=O)[C@H](C)[C@@H](OC(=O)NCCn2cc(-c3ccc(C(C)(C)C)cc3)nn2)[C@]1(C)O. The number of hydrogen-bond acceptors (Lipinski definition) is 14. The minimum absolute atomic E-state index is 0.00926. The maximum Gasteiger partial charge on any atom is 0.407 e.